The molecule has 0 aliphatic rings. The summed E-state index contributed by atoms with van der Waals surface area (Å²) in [6.45, 7) is 4.15. The predicted molar refractivity (Wildman–Crippen MR) is 44.0 cm³/mol. The quantitative estimate of drug-likeness (QED) is 0.466. The molecule has 0 atom stereocenters. The number of halogens is 2. The summed E-state index contributed by atoms with van der Waals surface area (Å²) in [5.41, 5.74) is 0. The fourth-order valence-corrected chi connectivity index (χ4v) is 0. The highest BCUT2D eigenvalue weighted by Gasteiger charge is 1.38. The first-order valence-corrected chi connectivity index (χ1v) is 4.60. The Bertz CT molecular complexity index is 9.51. The molecule has 2 heteroatoms. The minimum absolute atomic E-state index is 1.06. The Morgan fingerprint density at radius 3 is 1.50 bits per heavy atom. The molecule has 0 amide bonds. The maximum absolute atomic E-state index is 3.15. The number of alkyl halides is 2. The SMILES string of the molecule is CCBr.CCI. The first-order chi connectivity index (χ1) is 2.83. The number of hydrogen-bond donors (Lipinski definition) is 0. The summed E-state index contributed by atoms with van der Waals surface area (Å²) < 4.78 is 1.22. The maximum atomic E-state index is 3.15. The first-order valence-electron chi connectivity index (χ1n) is 1.95. The summed E-state index contributed by atoms with van der Waals surface area (Å²) >= 11 is 5.43. The Morgan fingerprint density at radius 1 is 1.50 bits per heavy atom. The molecule has 0 aromatic carbocycles. The van der Waals surface area contributed by atoms with E-state index in [0.717, 1.165) is 5.33 Å². The zero-order valence-corrected chi connectivity index (χ0v) is 7.91. The van der Waals surface area contributed by atoms with Crippen LogP contribution in [0.15, 0.2) is 0 Å². The Kier molecular flexibility index (Phi) is 27.9. The average Bonchev–Trinajstić information content (AvgIpc) is 1.39. The third-order valence-corrected chi connectivity index (χ3v) is 0. The molecule has 0 N–H and O–H groups in total. The van der Waals surface area contributed by atoms with Gasteiger partial charge in [-0.3, -0.25) is 0 Å². The van der Waals surface area contributed by atoms with E-state index in [1.807, 2.05) is 6.92 Å². The third-order valence-electron chi connectivity index (χ3n) is 0. The molecule has 6 heavy (non-hydrogen) atoms. The van der Waals surface area contributed by atoms with E-state index in [2.05, 4.69) is 45.4 Å². The van der Waals surface area contributed by atoms with Gasteiger partial charge in [0.2, 0.25) is 0 Å². The number of rotatable bonds is 0. The molecule has 0 aromatic rings. The van der Waals surface area contributed by atoms with E-state index in [4.69, 9.17) is 0 Å². The highest BCUT2D eigenvalue weighted by molar-refractivity contribution is 14.1. The van der Waals surface area contributed by atoms with E-state index < -0.39 is 0 Å². The van der Waals surface area contributed by atoms with Gasteiger partial charge >= 0.3 is 0 Å². The van der Waals surface area contributed by atoms with Gasteiger partial charge in [-0.25, -0.2) is 0 Å². The van der Waals surface area contributed by atoms with E-state index in [9.17, 15) is 0 Å². The number of hydrogen-bond acceptors (Lipinski definition) is 0. The van der Waals surface area contributed by atoms with Crippen LogP contribution in [0.2, 0.25) is 0 Å². The summed E-state index contributed by atoms with van der Waals surface area (Å²) in [7, 11) is 0. The van der Waals surface area contributed by atoms with Gasteiger partial charge in [0.1, 0.15) is 0 Å². The van der Waals surface area contributed by atoms with Crippen LogP contribution in [0.1, 0.15) is 13.8 Å². The summed E-state index contributed by atoms with van der Waals surface area (Å²) in [5.74, 6) is 0. The summed E-state index contributed by atoms with van der Waals surface area (Å²) in [5, 5.41) is 1.06. The molecule has 0 rings (SSSR count). The lowest BCUT2D eigenvalue weighted by atomic mass is 11.0. The molecule has 0 unspecified atom stereocenters. The van der Waals surface area contributed by atoms with Crippen LogP contribution in [-0.4, -0.2) is 9.76 Å². The molecule has 0 nitrogen and oxygen atoms in total. The second-order valence-corrected chi connectivity index (χ2v) is 3.18. The maximum Gasteiger partial charge on any atom is 0.000281 e. The van der Waals surface area contributed by atoms with E-state index in [0.29, 0.717) is 0 Å². The molecule has 0 heterocycles. The highest BCUT2D eigenvalue weighted by Crippen LogP contribution is 1.69. The fourth-order valence-electron chi connectivity index (χ4n) is 0. The molecule has 0 aromatic heterocycles. The van der Waals surface area contributed by atoms with Crippen LogP contribution in [0.25, 0.3) is 0 Å². The van der Waals surface area contributed by atoms with Gasteiger partial charge < -0.3 is 0 Å². The van der Waals surface area contributed by atoms with Gasteiger partial charge in [-0.15, -0.1) is 0 Å². The predicted octanol–water partition coefficient (Wildman–Crippen LogP) is 2.84. The Labute approximate surface area is 62.0 Å². The molecule has 0 fully saturated rings. The molecular formula is C4H10BrI. The minimum Gasteiger partial charge on any atom is -0.0931 e. The van der Waals surface area contributed by atoms with Gasteiger partial charge in [-0.1, -0.05) is 52.4 Å². The first kappa shape index (κ1) is 10.2. The molecule has 0 aliphatic heterocycles. The highest BCUT2D eigenvalue weighted by atomic mass is 127. The van der Waals surface area contributed by atoms with Crippen molar-refractivity contribution in [2.75, 3.05) is 9.76 Å². The fraction of sp³-hybridized carbons (Fsp3) is 1.00. The largest absolute Gasteiger partial charge is 0.0931 e. The van der Waals surface area contributed by atoms with Crippen LogP contribution in [0.3, 0.4) is 0 Å². The Morgan fingerprint density at radius 2 is 1.50 bits per heavy atom. The zero-order valence-electron chi connectivity index (χ0n) is 4.17. The lowest BCUT2D eigenvalue weighted by molar-refractivity contribution is 1.56. The molecule has 0 radical (unpaired) electrons. The van der Waals surface area contributed by atoms with Crippen molar-refractivity contribution in [1.82, 2.24) is 0 Å². The molecule has 40 valence electrons. The van der Waals surface area contributed by atoms with Gasteiger partial charge in [0.15, 0.2) is 0 Å². The minimum atomic E-state index is 1.06. The third kappa shape index (κ3) is 63.1. The molecule has 0 saturated carbocycles. The summed E-state index contributed by atoms with van der Waals surface area (Å²) in [6.07, 6.45) is 0. The van der Waals surface area contributed by atoms with Crippen LogP contribution in [0.4, 0.5) is 0 Å². The topological polar surface area (TPSA) is 0 Å². The van der Waals surface area contributed by atoms with E-state index in [1.54, 1.807) is 0 Å². The summed E-state index contributed by atoms with van der Waals surface area (Å²) in [6, 6.07) is 0. The molecule has 0 spiro atoms. The van der Waals surface area contributed by atoms with Crippen molar-refractivity contribution in [3.63, 3.8) is 0 Å². The van der Waals surface area contributed by atoms with Gasteiger partial charge in [-0.2, -0.15) is 0 Å². The van der Waals surface area contributed by atoms with Crippen molar-refractivity contribution in [3.05, 3.63) is 0 Å². The smallest absolute Gasteiger partial charge is 0.000281 e. The molecule has 0 saturated heterocycles. The Hall–Kier alpha value is 1.21. The van der Waals surface area contributed by atoms with Crippen molar-refractivity contribution in [2.24, 2.45) is 0 Å². The molecular weight excluding hydrogens is 255 g/mol. The second kappa shape index (κ2) is 16.4. The van der Waals surface area contributed by atoms with Gasteiger partial charge in [0.25, 0.3) is 0 Å². The van der Waals surface area contributed by atoms with E-state index in [-0.39, 0.29) is 0 Å². The standard InChI is InChI=1S/C2H5Br.C2H5I/c2*1-2-3/h2*2H2,1H3. The zero-order chi connectivity index (χ0) is 5.41. The van der Waals surface area contributed by atoms with Crippen LogP contribution < -0.4 is 0 Å². The van der Waals surface area contributed by atoms with Gasteiger partial charge in [0, 0.05) is 5.33 Å². The molecule has 0 aliphatic carbocycles. The average molecular weight is 265 g/mol. The monoisotopic (exact) mass is 264 g/mol. The van der Waals surface area contributed by atoms with Gasteiger partial charge in [0.05, 0.1) is 0 Å². The second-order valence-electron chi connectivity index (χ2n) is 0.535. The van der Waals surface area contributed by atoms with Crippen LogP contribution in [0, 0.1) is 0 Å². The van der Waals surface area contributed by atoms with Crippen LogP contribution in [-0.2, 0) is 0 Å². The normalized spacial score (nSPS) is 6.00. The lowest BCUT2D eigenvalue weighted by Gasteiger charge is -1.45. The van der Waals surface area contributed by atoms with Crippen molar-refractivity contribution in [2.45, 2.75) is 13.8 Å². The summed E-state index contributed by atoms with van der Waals surface area (Å²) in [4.78, 5) is 0. The van der Waals surface area contributed by atoms with Gasteiger partial charge in [-0.05, 0) is 4.43 Å². The van der Waals surface area contributed by atoms with Crippen LogP contribution >= 0.6 is 38.5 Å². The molecule has 0 bridgehead atoms. The van der Waals surface area contributed by atoms with E-state index >= 15 is 0 Å². The van der Waals surface area contributed by atoms with Crippen LogP contribution in [0.5, 0.6) is 0 Å². The van der Waals surface area contributed by atoms with Crippen molar-refractivity contribution < 1.29 is 0 Å². The van der Waals surface area contributed by atoms with E-state index in [1.165, 1.54) is 4.43 Å². The Balaban J connectivity index is 0. The van der Waals surface area contributed by atoms with Crippen molar-refractivity contribution in [1.29, 1.82) is 0 Å². The van der Waals surface area contributed by atoms with Crippen molar-refractivity contribution >= 4 is 38.5 Å². The lowest BCUT2D eigenvalue weighted by Crippen LogP contribution is -1.34. The van der Waals surface area contributed by atoms with Crippen molar-refractivity contribution in [3.8, 4) is 0 Å².